The summed E-state index contributed by atoms with van der Waals surface area (Å²) in [6, 6.07) is 7.06. The number of hydrogen-bond donors (Lipinski definition) is 2. The predicted octanol–water partition coefficient (Wildman–Crippen LogP) is 2.88. The maximum absolute atomic E-state index is 12.2. The van der Waals surface area contributed by atoms with E-state index in [0.717, 1.165) is 16.1 Å². The van der Waals surface area contributed by atoms with Crippen molar-refractivity contribution in [2.45, 2.75) is 0 Å². The van der Waals surface area contributed by atoms with E-state index in [1.54, 1.807) is 24.4 Å². The molecule has 0 saturated carbocycles. The van der Waals surface area contributed by atoms with Gasteiger partial charge in [0.1, 0.15) is 6.20 Å². The molecule has 0 atom stereocenters. The van der Waals surface area contributed by atoms with Gasteiger partial charge >= 0.3 is 5.69 Å². The van der Waals surface area contributed by atoms with Crippen molar-refractivity contribution in [2.75, 3.05) is 5.32 Å². The summed E-state index contributed by atoms with van der Waals surface area (Å²) in [5.74, 6) is -0.654. The fraction of sp³-hybridized carbons (Fsp3) is 0. The van der Waals surface area contributed by atoms with E-state index < -0.39 is 10.8 Å². The zero-order chi connectivity index (χ0) is 15.7. The second-order valence-electron chi connectivity index (χ2n) is 4.34. The number of nitro groups is 1. The third-order valence-electron chi connectivity index (χ3n) is 3.01. The molecule has 0 spiro atoms. The van der Waals surface area contributed by atoms with Crippen molar-refractivity contribution in [3.63, 3.8) is 0 Å². The van der Waals surface area contributed by atoms with Gasteiger partial charge in [-0.3, -0.25) is 25.0 Å². The number of nitrogens with zero attached hydrogens (tertiary/aromatic N) is 3. The zero-order valence-electron chi connectivity index (χ0n) is 10.9. The Labute approximate surface area is 131 Å². The van der Waals surface area contributed by atoms with E-state index in [1.807, 2.05) is 6.07 Å². The van der Waals surface area contributed by atoms with Crippen LogP contribution < -0.4 is 5.32 Å². The summed E-state index contributed by atoms with van der Waals surface area (Å²) in [6.45, 7) is 0. The molecular weight excluding hydrogens is 354 g/mol. The Balaban J connectivity index is 2.00. The number of benzene rings is 1. The molecule has 0 saturated heterocycles. The number of H-pyrrole nitrogens is 1. The van der Waals surface area contributed by atoms with Gasteiger partial charge in [0.2, 0.25) is 5.69 Å². The van der Waals surface area contributed by atoms with Gasteiger partial charge in [-0.1, -0.05) is 22.0 Å². The Kier molecular flexibility index (Phi) is 3.55. The van der Waals surface area contributed by atoms with E-state index >= 15 is 0 Å². The molecule has 8 nitrogen and oxygen atoms in total. The average Bonchev–Trinajstić information content (AvgIpc) is 3.00. The smallest absolute Gasteiger partial charge is 0.318 e. The number of carbonyl (C=O) groups excluding carboxylic acids is 1. The number of anilines is 1. The lowest BCUT2D eigenvalue weighted by molar-refractivity contribution is -0.385. The minimum Gasteiger partial charge on any atom is -0.318 e. The molecule has 0 fully saturated rings. The van der Waals surface area contributed by atoms with Crippen LogP contribution in [0.3, 0.4) is 0 Å². The molecule has 0 aliphatic heterocycles. The molecule has 2 heterocycles. The molecular formula is C13H8BrN5O3. The molecule has 0 radical (unpaired) electrons. The number of hydrogen-bond acceptors (Lipinski definition) is 5. The molecule has 0 aliphatic carbocycles. The normalized spacial score (nSPS) is 10.6. The Morgan fingerprint density at radius 1 is 1.36 bits per heavy atom. The van der Waals surface area contributed by atoms with Crippen LogP contribution in [0.15, 0.2) is 41.1 Å². The number of fused-ring (bicyclic) bond motifs is 1. The Bertz CT molecular complexity index is 892. The predicted molar refractivity (Wildman–Crippen MR) is 82.6 cm³/mol. The molecule has 2 aromatic heterocycles. The van der Waals surface area contributed by atoms with Crippen LogP contribution in [0.1, 0.15) is 10.5 Å². The number of amides is 1. The standard InChI is InChI=1S/C13H8BrN5O3/c14-8-3-4-9(11-7(8)2-1-5-15-11)17-13(20)12-10(19(21)22)6-16-18-12/h1-6H,(H,16,18)(H,17,20). The third-order valence-corrected chi connectivity index (χ3v) is 3.70. The third kappa shape index (κ3) is 2.42. The summed E-state index contributed by atoms with van der Waals surface area (Å²) in [7, 11) is 0. The first-order valence-corrected chi connectivity index (χ1v) is 6.89. The van der Waals surface area contributed by atoms with Gasteiger partial charge in [-0.15, -0.1) is 0 Å². The second-order valence-corrected chi connectivity index (χ2v) is 5.19. The van der Waals surface area contributed by atoms with E-state index in [-0.39, 0.29) is 11.4 Å². The maximum atomic E-state index is 12.2. The van der Waals surface area contributed by atoms with Crippen LogP contribution in [0.4, 0.5) is 11.4 Å². The van der Waals surface area contributed by atoms with E-state index in [4.69, 9.17) is 0 Å². The molecule has 22 heavy (non-hydrogen) atoms. The highest BCUT2D eigenvalue weighted by molar-refractivity contribution is 9.10. The van der Waals surface area contributed by atoms with Crippen molar-refractivity contribution in [1.29, 1.82) is 0 Å². The van der Waals surface area contributed by atoms with Crippen LogP contribution >= 0.6 is 15.9 Å². The van der Waals surface area contributed by atoms with Gasteiger partial charge in [0, 0.05) is 16.1 Å². The first-order valence-electron chi connectivity index (χ1n) is 6.10. The lowest BCUT2D eigenvalue weighted by Gasteiger charge is -2.08. The molecule has 2 N–H and O–H groups in total. The summed E-state index contributed by atoms with van der Waals surface area (Å²) >= 11 is 3.41. The van der Waals surface area contributed by atoms with Crippen molar-refractivity contribution < 1.29 is 9.72 Å². The Morgan fingerprint density at radius 2 is 2.18 bits per heavy atom. The van der Waals surface area contributed by atoms with Gasteiger partial charge in [-0.05, 0) is 18.2 Å². The lowest BCUT2D eigenvalue weighted by Crippen LogP contribution is -2.14. The molecule has 0 aliphatic rings. The van der Waals surface area contributed by atoms with Crippen LogP contribution in [-0.4, -0.2) is 26.0 Å². The minimum absolute atomic E-state index is 0.211. The first-order chi connectivity index (χ1) is 10.6. The van der Waals surface area contributed by atoms with Gasteiger partial charge in [0.25, 0.3) is 5.91 Å². The summed E-state index contributed by atoms with van der Waals surface area (Å²) in [5, 5.41) is 20.1. The highest BCUT2D eigenvalue weighted by Crippen LogP contribution is 2.29. The number of pyridine rings is 1. The fourth-order valence-electron chi connectivity index (χ4n) is 2.01. The number of rotatable bonds is 3. The average molecular weight is 362 g/mol. The lowest BCUT2D eigenvalue weighted by atomic mass is 10.2. The van der Waals surface area contributed by atoms with E-state index in [1.165, 1.54) is 0 Å². The van der Waals surface area contributed by atoms with E-state index in [2.05, 4.69) is 36.4 Å². The van der Waals surface area contributed by atoms with Gasteiger partial charge in [0.05, 0.1) is 16.1 Å². The molecule has 0 bridgehead atoms. The summed E-state index contributed by atoms with van der Waals surface area (Å²) in [6.07, 6.45) is 2.59. The highest BCUT2D eigenvalue weighted by atomic mass is 79.9. The molecule has 110 valence electrons. The molecule has 0 unspecified atom stereocenters. The Hall–Kier alpha value is -2.81. The maximum Gasteiger partial charge on any atom is 0.319 e. The number of aromatic nitrogens is 3. The number of aromatic amines is 1. The van der Waals surface area contributed by atoms with Crippen LogP contribution in [0.2, 0.25) is 0 Å². The van der Waals surface area contributed by atoms with Crippen molar-refractivity contribution in [3.05, 3.63) is 56.9 Å². The molecule has 1 aromatic carbocycles. The van der Waals surface area contributed by atoms with Crippen LogP contribution in [0, 0.1) is 10.1 Å². The SMILES string of the molecule is O=C(Nc1ccc(Br)c2cccnc12)c1[nH]ncc1[N+](=O)[O-]. The van der Waals surface area contributed by atoms with Crippen LogP contribution in [0.25, 0.3) is 10.9 Å². The Morgan fingerprint density at radius 3 is 2.95 bits per heavy atom. The quantitative estimate of drug-likeness (QED) is 0.549. The molecule has 9 heteroatoms. The van der Waals surface area contributed by atoms with E-state index in [0.29, 0.717) is 11.2 Å². The highest BCUT2D eigenvalue weighted by Gasteiger charge is 2.23. The van der Waals surface area contributed by atoms with E-state index in [9.17, 15) is 14.9 Å². The second kappa shape index (κ2) is 5.53. The first kappa shape index (κ1) is 14.1. The van der Waals surface area contributed by atoms with Crippen molar-refractivity contribution in [3.8, 4) is 0 Å². The molecule has 3 rings (SSSR count). The van der Waals surface area contributed by atoms with Gasteiger partial charge in [-0.25, -0.2) is 0 Å². The number of halogens is 1. The van der Waals surface area contributed by atoms with Gasteiger partial charge in [-0.2, -0.15) is 5.10 Å². The largest absolute Gasteiger partial charge is 0.319 e. The van der Waals surface area contributed by atoms with Gasteiger partial charge < -0.3 is 5.32 Å². The van der Waals surface area contributed by atoms with Crippen LogP contribution in [0.5, 0.6) is 0 Å². The summed E-state index contributed by atoms with van der Waals surface area (Å²) < 4.78 is 0.834. The molecule has 1 amide bonds. The summed E-state index contributed by atoms with van der Waals surface area (Å²) in [5.41, 5.74) is 0.434. The minimum atomic E-state index is -0.670. The van der Waals surface area contributed by atoms with Gasteiger partial charge in [0.15, 0.2) is 0 Å². The number of nitrogens with one attached hydrogen (secondary N) is 2. The van der Waals surface area contributed by atoms with Crippen molar-refractivity contribution in [2.24, 2.45) is 0 Å². The summed E-state index contributed by atoms with van der Waals surface area (Å²) in [4.78, 5) is 26.6. The van der Waals surface area contributed by atoms with Crippen LogP contribution in [-0.2, 0) is 0 Å². The van der Waals surface area contributed by atoms with Crippen molar-refractivity contribution >= 4 is 44.1 Å². The zero-order valence-corrected chi connectivity index (χ0v) is 12.5. The number of carbonyl (C=O) groups is 1. The monoisotopic (exact) mass is 361 g/mol. The molecule has 3 aromatic rings. The van der Waals surface area contributed by atoms with Crippen molar-refractivity contribution in [1.82, 2.24) is 15.2 Å². The topological polar surface area (TPSA) is 114 Å². The fourth-order valence-corrected chi connectivity index (χ4v) is 2.46.